The highest BCUT2D eigenvalue weighted by Crippen LogP contribution is 2.24. The third-order valence-electron chi connectivity index (χ3n) is 5.51. The van der Waals surface area contributed by atoms with Crippen molar-refractivity contribution >= 4 is 12.2 Å². The van der Waals surface area contributed by atoms with Gasteiger partial charge in [0.1, 0.15) is 12.2 Å². The van der Waals surface area contributed by atoms with Gasteiger partial charge in [-0.1, -0.05) is 60.7 Å². The van der Waals surface area contributed by atoms with Crippen LogP contribution in [0.3, 0.4) is 0 Å². The van der Waals surface area contributed by atoms with Gasteiger partial charge in [0.2, 0.25) is 0 Å². The molecule has 2 amide bonds. The molecule has 2 aromatic rings. The lowest BCUT2D eigenvalue weighted by Gasteiger charge is -2.42. The van der Waals surface area contributed by atoms with Crippen LogP contribution in [0.1, 0.15) is 38.3 Å². The van der Waals surface area contributed by atoms with E-state index in [2.05, 4.69) is 0 Å². The number of nitrogens with zero attached hydrogens (tertiary/aromatic N) is 2. The van der Waals surface area contributed by atoms with Crippen molar-refractivity contribution in [3.05, 3.63) is 71.8 Å². The Labute approximate surface area is 196 Å². The number of hydrogen-bond acceptors (Lipinski definition) is 5. The summed E-state index contributed by atoms with van der Waals surface area (Å²) >= 11 is 0. The van der Waals surface area contributed by atoms with Crippen LogP contribution in [-0.2, 0) is 27.4 Å². The van der Waals surface area contributed by atoms with E-state index in [0.29, 0.717) is 26.1 Å². The van der Waals surface area contributed by atoms with Crippen LogP contribution >= 0.6 is 0 Å². The summed E-state index contributed by atoms with van der Waals surface area (Å²) in [5.41, 5.74) is 1.35. The second-order valence-electron chi connectivity index (χ2n) is 9.21. The predicted octanol–water partition coefficient (Wildman–Crippen LogP) is 4.85. The molecule has 0 N–H and O–H groups in total. The van der Waals surface area contributed by atoms with E-state index in [-0.39, 0.29) is 24.8 Å². The smallest absolute Gasteiger partial charge is 0.410 e. The molecule has 1 aliphatic heterocycles. The van der Waals surface area contributed by atoms with Gasteiger partial charge in [-0.05, 0) is 38.3 Å². The lowest BCUT2D eigenvalue weighted by atomic mass is 9.99. The van der Waals surface area contributed by atoms with E-state index >= 15 is 0 Å². The minimum atomic E-state index is -0.572. The first-order valence-electron chi connectivity index (χ1n) is 11.3. The maximum Gasteiger partial charge on any atom is 0.410 e. The van der Waals surface area contributed by atoms with Crippen LogP contribution in [0.5, 0.6) is 0 Å². The Bertz CT molecular complexity index is 898. The molecule has 0 saturated carbocycles. The molecule has 1 saturated heterocycles. The third-order valence-corrected chi connectivity index (χ3v) is 5.51. The summed E-state index contributed by atoms with van der Waals surface area (Å²) in [5, 5.41) is 0. The molecule has 178 valence electrons. The van der Waals surface area contributed by atoms with Crippen molar-refractivity contribution in [3.63, 3.8) is 0 Å². The zero-order chi connectivity index (χ0) is 23.8. The van der Waals surface area contributed by atoms with Crippen molar-refractivity contribution in [2.75, 3.05) is 20.2 Å². The van der Waals surface area contributed by atoms with E-state index in [1.54, 1.807) is 16.9 Å². The van der Waals surface area contributed by atoms with E-state index in [1.165, 1.54) is 0 Å². The fraction of sp³-hybridized carbons (Fsp3) is 0.462. The molecule has 2 atom stereocenters. The number of rotatable bonds is 6. The highest BCUT2D eigenvalue weighted by atomic mass is 16.6. The highest BCUT2D eigenvalue weighted by molar-refractivity contribution is 5.69. The van der Waals surface area contributed by atoms with Gasteiger partial charge in [-0.2, -0.15) is 0 Å². The Kier molecular flexibility index (Phi) is 8.33. The number of methoxy groups -OCH3 is 1. The molecule has 0 aliphatic carbocycles. The molecule has 7 nitrogen and oxygen atoms in total. The molecular weight excluding hydrogens is 420 g/mol. The SMILES string of the molecule is CO[C@@H]1CN(C(=O)OC(C)(C)C)CC[C@@H]1N(Cc1ccccc1)C(=O)OCc1ccccc1. The van der Waals surface area contributed by atoms with Gasteiger partial charge >= 0.3 is 12.2 Å². The quantitative estimate of drug-likeness (QED) is 0.624. The molecule has 3 rings (SSSR count). The number of benzene rings is 2. The summed E-state index contributed by atoms with van der Waals surface area (Å²) < 4.78 is 16.9. The second-order valence-corrected chi connectivity index (χ2v) is 9.21. The largest absolute Gasteiger partial charge is 0.445 e. The van der Waals surface area contributed by atoms with Gasteiger partial charge in [-0.25, -0.2) is 9.59 Å². The van der Waals surface area contributed by atoms with E-state index < -0.39 is 11.7 Å². The fourth-order valence-electron chi connectivity index (χ4n) is 3.88. The van der Waals surface area contributed by atoms with Gasteiger partial charge in [0.15, 0.2) is 0 Å². The van der Waals surface area contributed by atoms with Crippen LogP contribution in [0.2, 0.25) is 0 Å². The average molecular weight is 455 g/mol. The number of carbonyl (C=O) groups is 2. The number of carbonyl (C=O) groups excluding carboxylic acids is 2. The summed E-state index contributed by atoms with van der Waals surface area (Å²) in [5.74, 6) is 0. The Morgan fingerprint density at radius 3 is 2.18 bits per heavy atom. The molecule has 0 spiro atoms. The third kappa shape index (κ3) is 7.22. The molecule has 1 aliphatic rings. The van der Waals surface area contributed by atoms with Gasteiger partial charge < -0.3 is 19.1 Å². The maximum absolute atomic E-state index is 13.2. The van der Waals surface area contributed by atoms with Crippen molar-refractivity contribution in [1.82, 2.24) is 9.80 Å². The van der Waals surface area contributed by atoms with Crippen molar-refractivity contribution in [1.29, 1.82) is 0 Å². The van der Waals surface area contributed by atoms with E-state index in [0.717, 1.165) is 11.1 Å². The Balaban J connectivity index is 1.74. The van der Waals surface area contributed by atoms with Crippen molar-refractivity contribution < 1.29 is 23.8 Å². The number of likely N-dealkylation sites (tertiary alicyclic amines) is 1. The van der Waals surface area contributed by atoms with Crippen LogP contribution in [0, 0.1) is 0 Å². The molecule has 1 heterocycles. The van der Waals surface area contributed by atoms with Crippen molar-refractivity contribution in [2.45, 2.75) is 58.1 Å². The monoisotopic (exact) mass is 454 g/mol. The summed E-state index contributed by atoms with van der Waals surface area (Å²) in [6.45, 7) is 6.93. The second kappa shape index (κ2) is 11.2. The number of hydrogen-bond donors (Lipinski definition) is 0. The minimum Gasteiger partial charge on any atom is -0.445 e. The molecule has 33 heavy (non-hydrogen) atoms. The van der Waals surface area contributed by atoms with Gasteiger partial charge in [0.05, 0.1) is 18.7 Å². The highest BCUT2D eigenvalue weighted by Gasteiger charge is 2.39. The number of ether oxygens (including phenoxy) is 3. The lowest BCUT2D eigenvalue weighted by molar-refractivity contribution is -0.0466. The summed E-state index contributed by atoms with van der Waals surface area (Å²) in [6, 6.07) is 19.2. The molecule has 0 radical (unpaired) electrons. The Morgan fingerprint density at radius 2 is 1.61 bits per heavy atom. The van der Waals surface area contributed by atoms with Crippen LogP contribution < -0.4 is 0 Å². The fourth-order valence-corrected chi connectivity index (χ4v) is 3.88. The predicted molar refractivity (Wildman–Crippen MR) is 126 cm³/mol. The average Bonchev–Trinajstić information content (AvgIpc) is 2.81. The molecule has 0 aromatic heterocycles. The first-order valence-corrected chi connectivity index (χ1v) is 11.3. The van der Waals surface area contributed by atoms with Gasteiger partial charge in [0.25, 0.3) is 0 Å². The first kappa shape index (κ1) is 24.6. The molecule has 0 unspecified atom stereocenters. The molecule has 1 fully saturated rings. The lowest BCUT2D eigenvalue weighted by Crippen LogP contribution is -2.57. The zero-order valence-electron chi connectivity index (χ0n) is 19.9. The van der Waals surface area contributed by atoms with Crippen molar-refractivity contribution in [2.24, 2.45) is 0 Å². The first-order chi connectivity index (χ1) is 15.8. The zero-order valence-corrected chi connectivity index (χ0v) is 19.9. The van der Waals surface area contributed by atoms with Gasteiger partial charge in [-0.3, -0.25) is 4.90 Å². The van der Waals surface area contributed by atoms with Crippen LogP contribution in [0.4, 0.5) is 9.59 Å². The Hall–Kier alpha value is -3.06. The summed E-state index contributed by atoms with van der Waals surface area (Å²) in [6.07, 6.45) is -0.575. The normalized spacial score (nSPS) is 18.5. The van der Waals surface area contributed by atoms with Crippen LogP contribution in [0.15, 0.2) is 60.7 Å². The summed E-state index contributed by atoms with van der Waals surface area (Å²) in [7, 11) is 1.60. The summed E-state index contributed by atoms with van der Waals surface area (Å²) in [4.78, 5) is 29.2. The maximum atomic E-state index is 13.2. The van der Waals surface area contributed by atoms with E-state index in [4.69, 9.17) is 14.2 Å². The Morgan fingerprint density at radius 1 is 1.00 bits per heavy atom. The molecular formula is C26H34N2O5. The van der Waals surface area contributed by atoms with Crippen LogP contribution in [-0.4, -0.2) is 59.9 Å². The molecule has 7 heteroatoms. The van der Waals surface area contributed by atoms with Gasteiger partial charge in [-0.15, -0.1) is 0 Å². The topological polar surface area (TPSA) is 68.3 Å². The van der Waals surface area contributed by atoms with Gasteiger partial charge in [0, 0.05) is 20.2 Å². The number of amides is 2. The number of piperidine rings is 1. The standard InChI is InChI=1S/C26H34N2O5/c1-26(2,3)33-24(29)27-16-15-22(23(18-27)31-4)28(17-20-11-7-5-8-12-20)25(30)32-19-21-13-9-6-10-14-21/h5-14,22-23H,15-19H2,1-4H3/t22-,23+/m0/s1. The van der Waals surface area contributed by atoms with Crippen LogP contribution in [0.25, 0.3) is 0 Å². The van der Waals surface area contributed by atoms with E-state index in [1.807, 2.05) is 81.4 Å². The van der Waals surface area contributed by atoms with E-state index in [9.17, 15) is 9.59 Å². The van der Waals surface area contributed by atoms with Crippen molar-refractivity contribution in [3.8, 4) is 0 Å². The minimum absolute atomic E-state index is 0.194. The molecule has 0 bridgehead atoms. The molecule has 2 aromatic carbocycles.